The van der Waals surface area contributed by atoms with E-state index in [1.165, 1.54) is 0 Å². The summed E-state index contributed by atoms with van der Waals surface area (Å²) in [6.45, 7) is 6.89. The number of hydrogen-bond donors (Lipinski definition) is 1. The summed E-state index contributed by atoms with van der Waals surface area (Å²) < 4.78 is 16.0. The van der Waals surface area contributed by atoms with Gasteiger partial charge in [0, 0.05) is 37.4 Å². The van der Waals surface area contributed by atoms with Gasteiger partial charge in [-0.1, -0.05) is 0 Å². The second-order valence-electron chi connectivity index (χ2n) is 8.18. The van der Waals surface area contributed by atoms with Crippen molar-refractivity contribution >= 4 is 23.3 Å². The first-order valence-electron chi connectivity index (χ1n) is 9.91. The highest BCUT2D eigenvalue weighted by molar-refractivity contribution is 5.95. The van der Waals surface area contributed by atoms with Gasteiger partial charge in [0.1, 0.15) is 18.4 Å². The summed E-state index contributed by atoms with van der Waals surface area (Å²) in [6, 6.07) is 7.64. The molecule has 0 radical (unpaired) electrons. The topological polar surface area (TPSA) is 97.6 Å². The molecule has 1 fully saturated rings. The maximum atomic E-state index is 12.5. The molecule has 1 saturated heterocycles. The van der Waals surface area contributed by atoms with Crippen LogP contribution in [0, 0.1) is 0 Å². The lowest BCUT2D eigenvalue weighted by molar-refractivity contribution is -0.161. The van der Waals surface area contributed by atoms with Gasteiger partial charge in [-0.25, -0.2) is 4.79 Å². The number of morpholine rings is 1. The van der Waals surface area contributed by atoms with Crippen molar-refractivity contribution in [3.05, 3.63) is 36.7 Å². The summed E-state index contributed by atoms with van der Waals surface area (Å²) in [4.78, 5) is 29.9. The van der Waals surface area contributed by atoms with Crippen LogP contribution in [-0.2, 0) is 23.8 Å². The van der Waals surface area contributed by atoms with Gasteiger partial charge >= 0.3 is 5.97 Å². The van der Waals surface area contributed by atoms with E-state index in [4.69, 9.17) is 19.9 Å². The third kappa shape index (κ3) is 4.92. The molecule has 2 heterocycles. The smallest absolute Gasteiger partial charge is 0.344 e. The fourth-order valence-corrected chi connectivity index (χ4v) is 3.42. The van der Waals surface area contributed by atoms with Gasteiger partial charge in [-0.05, 0) is 45.0 Å². The molecule has 1 aromatic rings. The number of rotatable bonds is 6. The lowest BCUT2D eigenvalue weighted by Crippen LogP contribution is -2.54. The van der Waals surface area contributed by atoms with Crippen LogP contribution >= 0.6 is 0 Å². The van der Waals surface area contributed by atoms with Crippen molar-refractivity contribution in [3.63, 3.8) is 0 Å². The lowest BCUT2D eigenvalue weighted by Gasteiger charge is -2.35. The lowest BCUT2D eigenvalue weighted by atomic mass is 10.2. The maximum absolute atomic E-state index is 12.5. The third-order valence-electron chi connectivity index (χ3n) is 4.80. The molecule has 1 aromatic carbocycles. The first kappa shape index (κ1) is 22.1. The number of anilines is 2. The minimum atomic E-state index is -0.962. The molecule has 0 aliphatic carbocycles. The molecule has 3 rings (SSSR count). The standard InChI is InChI=1S/C21H30N4O5/c1-21(2,3)30-20(27)19(22)25-10-9-23(17(25)13-28-4)15-5-7-16(8-6-15)24-11-12-29-14-18(24)26/h5-10,17,19H,11-14,22H2,1-4H3. The molecule has 9 heteroatoms. The van der Waals surface area contributed by atoms with Crippen molar-refractivity contribution in [1.82, 2.24) is 4.90 Å². The largest absolute Gasteiger partial charge is 0.457 e. The zero-order valence-electron chi connectivity index (χ0n) is 17.9. The number of hydrogen-bond acceptors (Lipinski definition) is 8. The van der Waals surface area contributed by atoms with Crippen molar-refractivity contribution in [2.24, 2.45) is 5.73 Å². The van der Waals surface area contributed by atoms with Gasteiger partial charge in [0.25, 0.3) is 5.91 Å². The second kappa shape index (κ2) is 9.03. The molecular weight excluding hydrogens is 388 g/mol. The second-order valence-corrected chi connectivity index (χ2v) is 8.18. The van der Waals surface area contributed by atoms with Gasteiger partial charge < -0.3 is 34.6 Å². The fraction of sp³-hybridized carbons (Fsp3) is 0.524. The molecule has 30 heavy (non-hydrogen) atoms. The first-order chi connectivity index (χ1) is 14.2. The van der Waals surface area contributed by atoms with Crippen LogP contribution in [0.1, 0.15) is 20.8 Å². The van der Waals surface area contributed by atoms with Crippen molar-refractivity contribution < 1.29 is 23.8 Å². The predicted molar refractivity (Wildman–Crippen MR) is 113 cm³/mol. The van der Waals surface area contributed by atoms with Gasteiger partial charge in [0.15, 0.2) is 6.17 Å². The Morgan fingerprint density at radius 1 is 1.23 bits per heavy atom. The summed E-state index contributed by atoms with van der Waals surface area (Å²) in [6.07, 6.45) is 2.34. The molecule has 0 saturated carbocycles. The first-order valence-corrected chi connectivity index (χ1v) is 9.91. The van der Waals surface area contributed by atoms with Crippen LogP contribution < -0.4 is 15.5 Å². The van der Waals surface area contributed by atoms with Crippen LogP contribution in [0.4, 0.5) is 11.4 Å². The van der Waals surface area contributed by atoms with Gasteiger partial charge in [0.05, 0.1) is 13.2 Å². The number of ether oxygens (including phenoxy) is 3. The number of benzene rings is 1. The Morgan fingerprint density at radius 2 is 1.90 bits per heavy atom. The number of nitrogens with zero attached hydrogens (tertiary/aromatic N) is 3. The molecular formula is C21H30N4O5. The van der Waals surface area contributed by atoms with E-state index in [9.17, 15) is 9.59 Å². The average molecular weight is 418 g/mol. The number of amides is 1. The zero-order chi connectivity index (χ0) is 21.9. The van der Waals surface area contributed by atoms with Crippen molar-refractivity contribution in [2.45, 2.75) is 38.7 Å². The van der Waals surface area contributed by atoms with E-state index in [0.717, 1.165) is 11.4 Å². The number of nitrogens with two attached hydrogens (primary N) is 1. The Labute approximate surface area is 176 Å². The summed E-state index contributed by atoms with van der Waals surface area (Å²) in [5, 5.41) is 0. The minimum absolute atomic E-state index is 0.0539. The van der Waals surface area contributed by atoms with E-state index in [2.05, 4.69) is 0 Å². The fourth-order valence-electron chi connectivity index (χ4n) is 3.42. The molecule has 2 aliphatic heterocycles. The Balaban J connectivity index is 1.75. The molecule has 2 N–H and O–H groups in total. The zero-order valence-corrected chi connectivity index (χ0v) is 17.9. The van der Waals surface area contributed by atoms with Gasteiger partial charge in [-0.3, -0.25) is 4.79 Å². The van der Waals surface area contributed by atoms with E-state index >= 15 is 0 Å². The van der Waals surface area contributed by atoms with Crippen LogP contribution in [0.2, 0.25) is 0 Å². The van der Waals surface area contributed by atoms with Gasteiger partial charge in [-0.2, -0.15) is 0 Å². The number of carbonyl (C=O) groups excluding carboxylic acids is 2. The Bertz CT molecular complexity index is 790. The molecule has 2 aliphatic rings. The molecule has 0 aromatic heterocycles. The third-order valence-corrected chi connectivity index (χ3v) is 4.80. The van der Waals surface area contributed by atoms with Crippen molar-refractivity contribution in [3.8, 4) is 0 Å². The molecule has 164 valence electrons. The number of carbonyl (C=O) groups is 2. The average Bonchev–Trinajstić information content (AvgIpc) is 3.10. The summed E-state index contributed by atoms with van der Waals surface area (Å²) >= 11 is 0. The molecule has 9 nitrogen and oxygen atoms in total. The molecule has 0 bridgehead atoms. The monoisotopic (exact) mass is 418 g/mol. The van der Waals surface area contributed by atoms with Crippen LogP contribution in [0.3, 0.4) is 0 Å². The highest BCUT2D eigenvalue weighted by Gasteiger charge is 2.36. The van der Waals surface area contributed by atoms with Crippen LogP contribution in [0.15, 0.2) is 36.7 Å². The Hall–Kier alpha value is -2.62. The Kier molecular flexibility index (Phi) is 6.64. The highest BCUT2D eigenvalue weighted by atomic mass is 16.6. The van der Waals surface area contributed by atoms with E-state index < -0.39 is 17.7 Å². The quantitative estimate of drug-likeness (QED) is 0.690. The molecule has 0 spiro atoms. The van der Waals surface area contributed by atoms with Crippen molar-refractivity contribution in [1.29, 1.82) is 0 Å². The minimum Gasteiger partial charge on any atom is -0.457 e. The highest BCUT2D eigenvalue weighted by Crippen LogP contribution is 2.28. The van der Waals surface area contributed by atoms with Crippen molar-refractivity contribution in [2.75, 3.05) is 43.3 Å². The summed E-state index contributed by atoms with van der Waals surface area (Å²) in [7, 11) is 1.60. The van der Waals surface area contributed by atoms with Crippen LogP contribution in [-0.4, -0.2) is 68.2 Å². The van der Waals surface area contributed by atoms with E-state index in [1.807, 2.05) is 35.4 Å². The molecule has 1 amide bonds. The van der Waals surface area contributed by atoms with E-state index in [1.54, 1.807) is 43.9 Å². The predicted octanol–water partition coefficient (Wildman–Crippen LogP) is 1.24. The molecule has 2 unspecified atom stereocenters. The van der Waals surface area contributed by atoms with E-state index in [-0.39, 0.29) is 18.7 Å². The number of esters is 1. The van der Waals surface area contributed by atoms with Gasteiger partial charge in [0.2, 0.25) is 0 Å². The summed E-state index contributed by atoms with van der Waals surface area (Å²) in [5.41, 5.74) is 7.27. The van der Waals surface area contributed by atoms with Crippen LogP contribution in [0.25, 0.3) is 0 Å². The summed E-state index contributed by atoms with van der Waals surface area (Å²) in [5.74, 6) is -0.557. The normalized spacial score (nSPS) is 20.6. The Morgan fingerprint density at radius 3 is 2.50 bits per heavy atom. The SMILES string of the molecule is COCC1N(c2ccc(N3CCOCC3=O)cc2)C=CN1C(N)C(=O)OC(C)(C)C. The van der Waals surface area contributed by atoms with Crippen LogP contribution in [0.5, 0.6) is 0 Å². The van der Waals surface area contributed by atoms with Gasteiger partial charge in [-0.15, -0.1) is 0 Å². The number of methoxy groups -OCH3 is 1. The van der Waals surface area contributed by atoms with E-state index in [0.29, 0.717) is 19.8 Å². The maximum Gasteiger partial charge on any atom is 0.344 e. The molecule has 2 atom stereocenters.